The minimum atomic E-state index is -3.53. The minimum absolute atomic E-state index is 0.215. The molecule has 8 nitrogen and oxygen atoms in total. The molecular weight excluding hydrogens is 352 g/mol. The lowest BCUT2D eigenvalue weighted by Crippen LogP contribution is -2.26. The summed E-state index contributed by atoms with van der Waals surface area (Å²) in [4.78, 5) is 0.242. The predicted octanol–water partition coefficient (Wildman–Crippen LogP) is 1.86. The zero-order valence-electron chi connectivity index (χ0n) is 14.6. The fourth-order valence-corrected chi connectivity index (χ4v) is 3.51. The highest BCUT2D eigenvalue weighted by Crippen LogP contribution is 2.09. The normalized spacial score (nSPS) is 11.7. The van der Waals surface area contributed by atoms with Gasteiger partial charge in [-0.3, -0.25) is 0 Å². The number of unbranched alkanes of at least 4 members (excludes halogenated alkanes) is 1. The van der Waals surface area contributed by atoms with Gasteiger partial charge < -0.3 is 5.32 Å². The smallest absolute Gasteiger partial charge is 0.240 e. The Kier molecular flexibility index (Phi) is 5.79. The molecule has 0 saturated heterocycles. The molecule has 0 unspecified atom stereocenters. The largest absolute Gasteiger partial charge is 0.369 e. The van der Waals surface area contributed by atoms with Crippen molar-refractivity contribution in [3.63, 3.8) is 0 Å². The van der Waals surface area contributed by atoms with Crippen molar-refractivity contribution < 1.29 is 8.42 Å². The third kappa shape index (κ3) is 4.36. The highest BCUT2D eigenvalue weighted by Gasteiger charge is 2.14. The summed E-state index contributed by atoms with van der Waals surface area (Å²) in [5.74, 6) is 1.35. The van der Waals surface area contributed by atoms with E-state index in [9.17, 15) is 8.42 Å². The maximum Gasteiger partial charge on any atom is 0.240 e. The van der Waals surface area contributed by atoms with E-state index >= 15 is 0 Å². The van der Waals surface area contributed by atoms with Crippen LogP contribution in [-0.2, 0) is 16.4 Å². The molecule has 0 saturated carbocycles. The van der Waals surface area contributed by atoms with Crippen molar-refractivity contribution in [2.75, 3.05) is 18.4 Å². The van der Waals surface area contributed by atoms with E-state index in [1.165, 1.54) is 0 Å². The van der Waals surface area contributed by atoms with E-state index in [2.05, 4.69) is 32.3 Å². The van der Waals surface area contributed by atoms with Gasteiger partial charge in [-0.2, -0.15) is 4.52 Å². The van der Waals surface area contributed by atoms with Gasteiger partial charge in [0.1, 0.15) is 5.82 Å². The summed E-state index contributed by atoms with van der Waals surface area (Å²) in [6, 6.07) is 12.0. The highest BCUT2D eigenvalue weighted by atomic mass is 32.2. The van der Waals surface area contributed by atoms with Gasteiger partial charge in [0, 0.05) is 19.5 Å². The molecule has 9 heteroatoms. The first-order chi connectivity index (χ1) is 12.6. The molecule has 0 aliphatic rings. The molecule has 0 atom stereocenters. The molecule has 0 spiro atoms. The number of rotatable bonds is 9. The van der Waals surface area contributed by atoms with Crippen LogP contribution < -0.4 is 10.0 Å². The molecule has 0 amide bonds. The summed E-state index contributed by atoms with van der Waals surface area (Å²) >= 11 is 0. The molecule has 138 valence electrons. The fourth-order valence-electron chi connectivity index (χ4n) is 2.46. The van der Waals surface area contributed by atoms with Crippen molar-refractivity contribution in [3.05, 3.63) is 48.3 Å². The maximum atomic E-state index is 12.2. The second-order valence-electron chi connectivity index (χ2n) is 5.85. The van der Waals surface area contributed by atoms with Crippen LogP contribution in [-0.4, -0.2) is 41.3 Å². The molecule has 0 aliphatic heterocycles. The average molecular weight is 374 g/mol. The molecule has 3 aromatic rings. The van der Waals surface area contributed by atoms with Gasteiger partial charge in [-0.15, -0.1) is 15.3 Å². The summed E-state index contributed by atoms with van der Waals surface area (Å²) in [6.45, 7) is 3.20. The summed E-state index contributed by atoms with van der Waals surface area (Å²) in [5, 5.41) is 15.9. The number of hydrogen-bond donors (Lipinski definition) is 2. The second kappa shape index (κ2) is 8.24. The lowest BCUT2D eigenvalue weighted by Gasteiger charge is -2.07. The van der Waals surface area contributed by atoms with E-state index in [0.29, 0.717) is 17.9 Å². The summed E-state index contributed by atoms with van der Waals surface area (Å²) < 4.78 is 28.7. The van der Waals surface area contributed by atoms with Crippen LogP contribution in [0.2, 0.25) is 0 Å². The Morgan fingerprint density at radius 3 is 2.62 bits per heavy atom. The first-order valence-electron chi connectivity index (χ1n) is 8.60. The Bertz CT molecular complexity index is 956. The quantitative estimate of drug-likeness (QED) is 0.554. The van der Waals surface area contributed by atoms with Crippen LogP contribution in [0.1, 0.15) is 25.6 Å². The number of hydrogen-bond acceptors (Lipinski definition) is 6. The third-order valence-electron chi connectivity index (χ3n) is 3.86. The lowest BCUT2D eigenvalue weighted by atomic mass is 10.3. The Hall–Kier alpha value is -2.52. The molecule has 0 fully saturated rings. The van der Waals surface area contributed by atoms with Crippen molar-refractivity contribution in [1.29, 1.82) is 0 Å². The van der Waals surface area contributed by atoms with E-state index in [4.69, 9.17) is 0 Å². The van der Waals surface area contributed by atoms with E-state index in [1.54, 1.807) is 34.8 Å². The standard InChI is InChI=1S/C17H22N6O2S/c1-2-3-12-18-15-9-10-16-20-21-17(23(16)22-15)11-13-19-26(24,25)14-7-5-4-6-8-14/h4-10,19H,2-3,11-13H2,1H3,(H,18,22). The van der Waals surface area contributed by atoms with Gasteiger partial charge in [-0.25, -0.2) is 13.1 Å². The van der Waals surface area contributed by atoms with Crippen LogP contribution in [0.5, 0.6) is 0 Å². The Labute approximate surface area is 152 Å². The van der Waals surface area contributed by atoms with E-state index in [1.807, 2.05) is 12.1 Å². The third-order valence-corrected chi connectivity index (χ3v) is 5.33. The monoisotopic (exact) mass is 374 g/mol. The van der Waals surface area contributed by atoms with Crippen LogP contribution in [0.15, 0.2) is 47.4 Å². The zero-order chi connectivity index (χ0) is 18.4. The number of sulfonamides is 1. The number of fused-ring (bicyclic) bond motifs is 1. The van der Waals surface area contributed by atoms with Crippen molar-refractivity contribution in [1.82, 2.24) is 24.5 Å². The molecule has 0 bridgehead atoms. The molecule has 3 rings (SSSR count). The molecule has 26 heavy (non-hydrogen) atoms. The van der Waals surface area contributed by atoms with Gasteiger partial charge in [0.25, 0.3) is 0 Å². The van der Waals surface area contributed by atoms with Crippen LogP contribution in [0.3, 0.4) is 0 Å². The minimum Gasteiger partial charge on any atom is -0.369 e. The van der Waals surface area contributed by atoms with Crippen molar-refractivity contribution in [2.24, 2.45) is 0 Å². The van der Waals surface area contributed by atoms with Crippen molar-refractivity contribution in [3.8, 4) is 0 Å². The van der Waals surface area contributed by atoms with Gasteiger partial charge in [0.15, 0.2) is 11.5 Å². The summed E-state index contributed by atoms with van der Waals surface area (Å²) in [6.07, 6.45) is 2.56. The van der Waals surface area contributed by atoms with Gasteiger partial charge in [-0.05, 0) is 30.7 Å². The zero-order valence-corrected chi connectivity index (χ0v) is 15.4. The Balaban J connectivity index is 1.66. The highest BCUT2D eigenvalue weighted by molar-refractivity contribution is 7.89. The number of anilines is 1. The van der Waals surface area contributed by atoms with Crippen LogP contribution >= 0.6 is 0 Å². The van der Waals surface area contributed by atoms with Crippen molar-refractivity contribution >= 4 is 21.5 Å². The molecular formula is C17H22N6O2S. The van der Waals surface area contributed by atoms with Crippen molar-refractivity contribution in [2.45, 2.75) is 31.1 Å². The van der Waals surface area contributed by atoms with Crippen LogP contribution in [0.25, 0.3) is 5.65 Å². The first-order valence-corrected chi connectivity index (χ1v) is 10.1. The number of benzene rings is 1. The van der Waals surface area contributed by atoms with E-state index < -0.39 is 10.0 Å². The number of aromatic nitrogens is 4. The molecule has 1 aromatic carbocycles. The molecule has 2 aromatic heterocycles. The topological polar surface area (TPSA) is 101 Å². The lowest BCUT2D eigenvalue weighted by molar-refractivity contribution is 0.580. The van der Waals surface area contributed by atoms with Gasteiger partial charge in [-0.1, -0.05) is 31.5 Å². The fraction of sp³-hybridized carbons (Fsp3) is 0.353. The number of nitrogens with one attached hydrogen (secondary N) is 2. The Morgan fingerprint density at radius 1 is 1.04 bits per heavy atom. The van der Waals surface area contributed by atoms with Gasteiger partial charge in [0.2, 0.25) is 10.0 Å². The van der Waals surface area contributed by atoms with E-state index in [-0.39, 0.29) is 11.4 Å². The second-order valence-corrected chi connectivity index (χ2v) is 7.61. The van der Waals surface area contributed by atoms with Gasteiger partial charge in [0.05, 0.1) is 4.90 Å². The van der Waals surface area contributed by atoms with Gasteiger partial charge >= 0.3 is 0 Å². The number of nitrogens with zero attached hydrogens (tertiary/aromatic N) is 4. The van der Waals surface area contributed by atoms with Crippen LogP contribution in [0.4, 0.5) is 5.82 Å². The average Bonchev–Trinajstić information content (AvgIpc) is 3.05. The first kappa shape index (κ1) is 18.3. The van der Waals surface area contributed by atoms with E-state index in [0.717, 1.165) is 25.2 Å². The molecule has 2 N–H and O–H groups in total. The predicted molar refractivity (Wildman–Crippen MR) is 99.5 cm³/mol. The van der Waals surface area contributed by atoms with Crippen LogP contribution in [0, 0.1) is 0 Å². The molecule has 0 radical (unpaired) electrons. The molecule has 0 aliphatic carbocycles. The maximum absolute atomic E-state index is 12.2. The Morgan fingerprint density at radius 2 is 1.85 bits per heavy atom. The SMILES string of the molecule is CCCCNc1ccc2nnc(CCNS(=O)(=O)c3ccccc3)n2n1. The summed E-state index contributed by atoms with van der Waals surface area (Å²) in [5.41, 5.74) is 0.631. The summed E-state index contributed by atoms with van der Waals surface area (Å²) in [7, 11) is -3.53. The molecule has 2 heterocycles.